The molecule has 3 rings (SSSR count). The Hall–Kier alpha value is -1.62. The summed E-state index contributed by atoms with van der Waals surface area (Å²) in [5, 5.41) is 5.74. The number of anilines is 1. The first-order chi connectivity index (χ1) is 11.7. The van der Waals surface area contributed by atoms with Gasteiger partial charge in [-0.2, -0.15) is 0 Å². The first kappa shape index (κ1) is 17.2. The second-order valence-electron chi connectivity index (χ2n) is 5.16. The predicted molar refractivity (Wildman–Crippen MR) is 107 cm³/mol. The van der Waals surface area contributed by atoms with Crippen LogP contribution in [0.5, 0.6) is 0 Å². The third kappa shape index (κ3) is 4.07. The summed E-state index contributed by atoms with van der Waals surface area (Å²) in [4.78, 5) is 14.4. The van der Waals surface area contributed by atoms with Crippen molar-refractivity contribution in [2.75, 3.05) is 17.3 Å². The van der Waals surface area contributed by atoms with Crippen molar-refractivity contribution >= 4 is 57.5 Å². The molecule has 3 aromatic carbocycles. The molecule has 0 spiro atoms. The summed E-state index contributed by atoms with van der Waals surface area (Å²) in [5.41, 5.74) is 0.823. The maximum absolute atomic E-state index is 12.2. The van der Waals surface area contributed by atoms with Gasteiger partial charge >= 0.3 is 0 Å². The molecule has 0 radical (unpaired) electrons. The Kier molecular flexibility index (Phi) is 5.72. The lowest BCUT2D eigenvalue weighted by molar-refractivity contribution is -0.113. The topological polar surface area (TPSA) is 29.1 Å². The van der Waals surface area contributed by atoms with Crippen molar-refractivity contribution in [1.82, 2.24) is 0 Å². The summed E-state index contributed by atoms with van der Waals surface area (Å²) in [5.74, 6) is 0.315. The number of amides is 1. The Morgan fingerprint density at radius 3 is 2.62 bits per heavy atom. The van der Waals surface area contributed by atoms with E-state index in [9.17, 15) is 4.79 Å². The molecule has 0 atom stereocenters. The van der Waals surface area contributed by atoms with Crippen LogP contribution in [0.4, 0.5) is 5.69 Å². The highest BCUT2D eigenvalue weighted by atomic mass is 35.5. The molecule has 0 heterocycles. The molecule has 0 aliphatic carbocycles. The van der Waals surface area contributed by atoms with Crippen molar-refractivity contribution in [1.29, 1.82) is 0 Å². The van der Waals surface area contributed by atoms with Gasteiger partial charge in [-0.1, -0.05) is 41.9 Å². The first-order valence-electron chi connectivity index (χ1n) is 7.41. The Morgan fingerprint density at radius 1 is 1.08 bits per heavy atom. The number of fused-ring (bicyclic) bond motifs is 1. The molecular formula is C19H16ClNOS2. The van der Waals surface area contributed by atoms with Gasteiger partial charge in [0.15, 0.2) is 0 Å². The fourth-order valence-electron chi connectivity index (χ4n) is 2.42. The summed E-state index contributed by atoms with van der Waals surface area (Å²) in [6.07, 6.45) is 2.01. The highest BCUT2D eigenvalue weighted by molar-refractivity contribution is 8.00. The smallest absolute Gasteiger partial charge is 0.234 e. The molecule has 3 aromatic rings. The summed E-state index contributed by atoms with van der Waals surface area (Å²) in [7, 11) is 0. The summed E-state index contributed by atoms with van der Waals surface area (Å²) in [6.45, 7) is 0. The van der Waals surface area contributed by atoms with Gasteiger partial charge in [-0.05, 0) is 42.0 Å². The Labute approximate surface area is 155 Å². The van der Waals surface area contributed by atoms with E-state index in [0.717, 1.165) is 26.3 Å². The summed E-state index contributed by atoms with van der Waals surface area (Å²) >= 11 is 9.48. The van der Waals surface area contributed by atoms with E-state index in [-0.39, 0.29) is 5.91 Å². The number of nitrogens with one attached hydrogen (secondary N) is 1. The molecule has 0 aromatic heterocycles. The monoisotopic (exact) mass is 373 g/mol. The average Bonchev–Trinajstić information content (AvgIpc) is 2.60. The molecule has 0 aliphatic rings. The van der Waals surface area contributed by atoms with E-state index in [1.165, 1.54) is 11.8 Å². The highest BCUT2D eigenvalue weighted by Crippen LogP contribution is 2.33. The minimum absolute atomic E-state index is 0.0256. The van der Waals surface area contributed by atoms with Crippen molar-refractivity contribution in [3.63, 3.8) is 0 Å². The van der Waals surface area contributed by atoms with Gasteiger partial charge in [0.1, 0.15) is 0 Å². The largest absolute Gasteiger partial charge is 0.325 e. The minimum atomic E-state index is -0.0256. The molecule has 0 bridgehead atoms. The van der Waals surface area contributed by atoms with Gasteiger partial charge in [0.2, 0.25) is 5.91 Å². The van der Waals surface area contributed by atoms with E-state index in [1.807, 2.05) is 66.9 Å². The van der Waals surface area contributed by atoms with E-state index < -0.39 is 0 Å². The molecule has 5 heteroatoms. The normalized spacial score (nSPS) is 10.8. The van der Waals surface area contributed by atoms with Crippen molar-refractivity contribution in [3.05, 3.63) is 65.7 Å². The zero-order valence-electron chi connectivity index (χ0n) is 13.1. The van der Waals surface area contributed by atoms with Gasteiger partial charge < -0.3 is 5.32 Å². The molecule has 2 nitrogen and oxygen atoms in total. The number of halogens is 1. The van der Waals surface area contributed by atoms with E-state index in [4.69, 9.17) is 11.6 Å². The van der Waals surface area contributed by atoms with Crippen LogP contribution in [0.15, 0.2) is 70.5 Å². The summed E-state index contributed by atoms with van der Waals surface area (Å²) in [6, 6.07) is 19.7. The van der Waals surface area contributed by atoms with Crippen molar-refractivity contribution < 1.29 is 4.79 Å². The fourth-order valence-corrected chi connectivity index (χ4v) is 4.13. The number of benzene rings is 3. The average molecular weight is 374 g/mol. The van der Waals surface area contributed by atoms with Crippen LogP contribution in [-0.2, 0) is 4.79 Å². The lowest BCUT2D eigenvalue weighted by Crippen LogP contribution is -2.13. The van der Waals surface area contributed by atoms with Gasteiger partial charge in [-0.3, -0.25) is 4.79 Å². The molecule has 1 N–H and O–H groups in total. The van der Waals surface area contributed by atoms with Gasteiger partial charge in [0.05, 0.1) is 5.75 Å². The minimum Gasteiger partial charge on any atom is -0.325 e. The maximum atomic E-state index is 12.2. The number of rotatable bonds is 5. The highest BCUT2D eigenvalue weighted by Gasteiger charge is 2.09. The van der Waals surface area contributed by atoms with E-state index in [2.05, 4.69) is 5.32 Å². The lowest BCUT2D eigenvalue weighted by atomic mass is 10.1. The second-order valence-corrected chi connectivity index (χ2v) is 7.47. The fraction of sp³-hybridized carbons (Fsp3) is 0.105. The number of hydrogen-bond donors (Lipinski definition) is 1. The zero-order valence-corrected chi connectivity index (χ0v) is 15.5. The zero-order chi connectivity index (χ0) is 16.9. The van der Waals surface area contributed by atoms with Crippen LogP contribution < -0.4 is 5.32 Å². The third-order valence-corrected chi connectivity index (χ3v) is 5.63. The van der Waals surface area contributed by atoms with Crippen molar-refractivity contribution in [2.24, 2.45) is 0 Å². The van der Waals surface area contributed by atoms with Crippen molar-refractivity contribution in [2.45, 2.75) is 9.79 Å². The van der Waals surface area contributed by atoms with Gasteiger partial charge in [0.25, 0.3) is 0 Å². The van der Waals surface area contributed by atoms with Crippen molar-refractivity contribution in [3.8, 4) is 0 Å². The number of thioether (sulfide) groups is 2. The van der Waals surface area contributed by atoms with Crippen LogP contribution >= 0.6 is 35.1 Å². The Morgan fingerprint density at radius 2 is 1.83 bits per heavy atom. The first-order valence-corrected chi connectivity index (χ1v) is 10.00. The van der Waals surface area contributed by atoms with E-state index in [1.54, 1.807) is 11.8 Å². The molecule has 24 heavy (non-hydrogen) atoms. The van der Waals surface area contributed by atoms with Crippen LogP contribution in [0.3, 0.4) is 0 Å². The number of carbonyl (C=O) groups excluding carboxylic acids is 1. The Balaban J connectivity index is 1.70. The predicted octanol–water partition coefficient (Wildman–Crippen LogP) is 5.95. The van der Waals surface area contributed by atoms with E-state index in [0.29, 0.717) is 10.8 Å². The molecule has 0 unspecified atom stereocenters. The second kappa shape index (κ2) is 7.97. The van der Waals surface area contributed by atoms with Crippen LogP contribution in [-0.4, -0.2) is 17.9 Å². The Bertz CT molecular complexity index is 877. The molecule has 0 saturated heterocycles. The van der Waals surface area contributed by atoms with Gasteiger partial charge in [-0.15, -0.1) is 23.5 Å². The van der Waals surface area contributed by atoms with Gasteiger partial charge in [0, 0.05) is 25.9 Å². The SMILES string of the molecule is CSc1cccc(NC(=O)CSc2cccc3cccc(Cl)c23)c1. The third-order valence-electron chi connectivity index (χ3n) is 3.53. The standard InChI is InChI=1S/C19H16ClNOS2/c1-23-15-8-4-7-14(11-15)21-18(22)12-24-17-10-3-6-13-5-2-9-16(20)19(13)17/h2-11H,12H2,1H3,(H,21,22). The summed E-state index contributed by atoms with van der Waals surface area (Å²) < 4.78 is 0. The van der Waals surface area contributed by atoms with E-state index >= 15 is 0 Å². The van der Waals surface area contributed by atoms with Crippen LogP contribution in [0.25, 0.3) is 10.8 Å². The number of carbonyl (C=O) groups is 1. The molecule has 1 amide bonds. The molecule has 0 saturated carbocycles. The molecule has 122 valence electrons. The molecule has 0 aliphatic heterocycles. The lowest BCUT2D eigenvalue weighted by Gasteiger charge is -2.09. The maximum Gasteiger partial charge on any atom is 0.234 e. The molecular weight excluding hydrogens is 358 g/mol. The van der Waals surface area contributed by atoms with Gasteiger partial charge in [-0.25, -0.2) is 0 Å². The van der Waals surface area contributed by atoms with Crippen LogP contribution in [0, 0.1) is 0 Å². The van der Waals surface area contributed by atoms with Crippen LogP contribution in [0.2, 0.25) is 5.02 Å². The quantitative estimate of drug-likeness (QED) is 0.560. The van der Waals surface area contributed by atoms with Crippen LogP contribution in [0.1, 0.15) is 0 Å². The molecule has 0 fully saturated rings. The number of hydrogen-bond acceptors (Lipinski definition) is 3.